The molecule has 1 atom stereocenters. The van der Waals surface area contributed by atoms with Crippen molar-refractivity contribution in [3.05, 3.63) is 70.4 Å². The van der Waals surface area contributed by atoms with Crippen molar-refractivity contribution < 1.29 is 5.11 Å². The van der Waals surface area contributed by atoms with Crippen LogP contribution in [-0.4, -0.2) is 34.7 Å². The van der Waals surface area contributed by atoms with Gasteiger partial charge in [0.15, 0.2) is 0 Å². The molecule has 1 aliphatic heterocycles. The minimum absolute atomic E-state index is 0.516. The number of aliphatic hydroxyl groups is 1. The molecule has 4 rings (SSSR count). The summed E-state index contributed by atoms with van der Waals surface area (Å²) in [4.78, 5) is 2.37. The van der Waals surface area contributed by atoms with E-state index in [2.05, 4.69) is 28.6 Å². The van der Waals surface area contributed by atoms with Crippen molar-refractivity contribution in [2.45, 2.75) is 25.5 Å². The number of fused-ring (bicyclic) bond motifs is 3. The Bertz CT molecular complexity index is 888. The Morgan fingerprint density at radius 2 is 1.84 bits per heavy atom. The van der Waals surface area contributed by atoms with Gasteiger partial charge in [0.1, 0.15) is 0 Å². The number of hydrogen-bond donors (Lipinski definition) is 1. The molecule has 25 heavy (non-hydrogen) atoms. The van der Waals surface area contributed by atoms with E-state index in [1.165, 1.54) is 22.2 Å². The van der Waals surface area contributed by atoms with Gasteiger partial charge in [-0.3, -0.25) is 0 Å². The van der Waals surface area contributed by atoms with E-state index in [0.717, 1.165) is 36.5 Å². The average Bonchev–Trinajstić information content (AvgIpc) is 2.76. The monoisotopic (exact) mass is 354 g/mol. The predicted octanol–water partition coefficient (Wildman–Crippen LogP) is 4.06. The van der Waals surface area contributed by atoms with E-state index in [4.69, 9.17) is 11.6 Å². The van der Waals surface area contributed by atoms with Gasteiger partial charge >= 0.3 is 0 Å². The number of rotatable bonds is 3. The number of aliphatic hydroxyl groups excluding tert-OH is 1. The molecule has 4 heteroatoms. The fourth-order valence-corrected chi connectivity index (χ4v) is 4.06. The molecule has 0 saturated carbocycles. The molecule has 0 saturated heterocycles. The Kier molecular flexibility index (Phi) is 4.55. The molecule has 1 aliphatic rings. The molecule has 0 radical (unpaired) electrons. The van der Waals surface area contributed by atoms with E-state index >= 15 is 0 Å². The number of aromatic nitrogens is 1. The zero-order chi connectivity index (χ0) is 17.4. The summed E-state index contributed by atoms with van der Waals surface area (Å²) in [5.41, 5.74) is 4.87. The molecule has 0 amide bonds. The lowest BCUT2D eigenvalue weighted by Crippen LogP contribution is -2.21. The van der Waals surface area contributed by atoms with Gasteiger partial charge in [0.2, 0.25) is 0 Å². The van der Waals surface area contributed by atoms with Gasteiger partial charge in [0.05, 0.1) is 12.6 Å². The van der Waals surface area contributed by atoms with Crippen molar-refractivity contribution in [1.29, 1.82) is 0 Å². The molecule has 2 heterocycles. The zero-order valence-electron chi connectivity index (χ0n) is 14.5. The van der Waals surface area contributed by atoms with E-state index in [1.807, 2.05) is 36.4 Å². The average molecular weight is 355 g/mol. The molecular formula is C21H23ClN2O. The molecule has 2 aromatic carbocycles. The first-order chi connectivity index (χ1) is 12.1. The Morgan fingerprint density at radius 1 is 1.08 bits per heavy atom. The van der Waals surface area contributed by atoms with Gasteiger partial charge in [-0.1, -0.05) is 41.9 Å². The lowest BCUT2D eigenvalue weighted by molar-refractivity contribution is 0.157. The molecule has 130 valence electrons. The first-order valence-electron chi connectivity index (χ1n) is 8.84. The van der Waals surface area contributed by atoms with Crippen molar-refractivity contribution in [3.63, 3.8) is 0 Å². The Hall–Kier alpha value is -1.81. The highest BCUT2D eigenvalue weighted by Crippen LogP contribution is 2.32. The number of likely N-dealkylation sites (N-methyl/N-ethyl adjacent to an activating group) is 1. The van der Waals surface area contributed by atoms with Gasteiger partial charge in [-0.15, -0.1) is 0 Å². The Labute approximate surface area is 153 Å². The second-order valence-corrected chi connectivity index (χ2v) is 7.36. The summed E-state index contributed by atoms with van der Waals surface area (Å²) in [6, 6.07) is 16.0. The van der Waals surface area contributed by atoms with E-state index < -0.39 is 6.10 Å². The Balaban J connectivity index is 1.80. The highest BCUT2D eigenvalue weighted by Gasteiger charge is 2.22. The van der Waals surface area contributed by atoms with Crippen LogP contribution in [0.1, 0.15) is 22.9 Å². The molecule has 3 aromatic rings. The predicted molar refractivity (Wildman–Crippen MR) is 103 cm³/mol. The van der Waals surface area contributed by atoms with Crippen molar-refractivity contribution in [2.75, 3.05) is 20.1 Å². The third-order valence-corrected chi connectivity index (χ3v) is 5.50. The first kappa shape index (κ1) is 16.6. The summed E-state index contributed by atoms with van der Waals surface area (Å²) in [5.74, 6) is 0. The van der Waals surface area contributed by atoms with Crippen LogP contribution in [0.2, 0.25) is 5.02 Å². The summed E-state index contributed by atoms with van der Waals surface area (Å²) in [7, 11) is 2.17. The number of halogens is 1. The van der Waals surface area contributed by atoms with Gasteiger partial charge in [-0.25, -0.2) is 0 Å². The summed E-state index contributed by atoms with van der Waals surface area (Å²) in [6.45, 7) is 2.67. The fourth-order valence-electron chi connectivity index (χ4n) is 3.89. The lowest BCUT2D eigenvalue weighted by Gasteiger charge is -2.17. The summed E-state index contributed by atoms with van der Waals surface area (Å²) in [6.07, 6.45) is 1.51. The van der Waals surface area contributed by atoms with Crippen LogP contribution in [0.3, 0.4) is 0 Å². The van der Waals surface area contributed by atoms with Crippen LogP contribution in [0, 0.1) is 0 Å². The third-order valence-electron chi connectivity index (χ3n) is 5.26. The minimum Gasteiger partial charge on any atom is -0.387 e. The highest BCUT2D eigenvalue weighted by atomic mass is 35.5. The van der Waals surface area contributed by atoms with Gasteiger partial charge in [0, 0.05) is 41.1 Å². The number of hydrogen-bond acceptors (Lipinski definition) is 2. The van der Waals surface area contributed by atoms with Crippen LogP contribution in [0.15, 0.2) is 48.5 Å². The summed E-state index contributed by atoms with van der Waals surface area (Å²) >= 11 is 6.27. The third kappa shape index (κ3) is 3.20. The van der Waals surface area contributed by atoms with E-state index in [-0.39, 0.29) is 0 Å². The topological polar surface area (TPSA) is 28.4 Å². The fraction of sp³-hybridized carbons (Fsp3) is 0.333. The maximum atomic E-state index is 10.8. The van der Waals surface area contributed by atoms with Gasteiger partial charge in [-0.05, 0) is 42.8 Å². The summed E-state index contributed by atoms with van der Waals surface area (Å²) < 4.78 is 2.30. The van der Waals surface area contributed by atoms with Crippen LogP contribution in [0.4, 0.5) is 0 Å². The van der Waals surface area contributed by atoms with E-state index in [1.54, 1.807) is 0 Å². The lowest BCUT2D eigenvalue weighted by atomic mass is 10.1. The standard InChI is InChI=1S/C21H23ClN2O/c1-23-11-9-17-18-13-16(22)7-8-19(18)24(20(17)10-12-23)14-21(25)15-5-3-2-4-6-15/h2-8,13,21,25H,9-12,14H2,1H3. The number of nitrogens with zero attached hydrogens (tertiary/aromatic N) is 2. The van der Waals surface area contributed by atoms with Crippen molar-refractivity contribution in [2.24, 2.45) is 0 Å². The summed E-state index contributed by atoms with van der Waals surface area (Å²) in [5, 5.41) is 12.8. The largest absolute Gasteiger partial charge is 0.387 e. The Morgan fingerprint density at radius 3 is 2.64 bits per heavy atom. The van der Waals surface area contributed by atoms with Gasteiger partial charge in [0.25, 0.3) is 0 Å². The maximum Gasteiger partial charge on any atom is 0.0969 e. The molecule has 1 N–H and O–H groups in total. The molecule has 0 fully saturated rings. The normalized spacial score (nSPS) is 16.6. The molecular weight excluding hydrogens is 332 g/mol. The zero-order valence-corrected chi connectivity index (χ0v) is 15.2. The van der Waals surface area contributed by atoms with Crippen LogP contribution in [0.5, 0.6) is 0 Å². The highest BCUT2D eigenvalue weighted by molar-refractivity contribution is 6.31. The van der Waals surface area contributed by atoms with Gasteiger partial charge < -0.3 is 14.6 Å². The molecule has 0 bridgehead atoms. The molecule has 1 aromatic heterocycles. The first-order valence-corrected chi connectivity index (χ1v) is 9.22. The van der Waals surface area contributed by atoms with Crippen molar-refractivity contribution in [3.8, 4) is 0 Å². The van der Waals surface area contributed by atoms with Crippen LogP contribution < -0.4 is 0 Å². The van der Waals surface area contributed by atoms with Gasteiger partial charge in [-0.2, -0.15) is 0 Å². The van der Waals surface area contributed by atoms with E-state index in [9.17, 15) is 5.11 Å². The minimum atomic E-state index is -0.516. The second kappa shape index (κ2) is 6.83. The molecule has 0 aliphatic carbocycles. The quantitative estimate of drug-likeness (QED) is 0.768. The SMILES string of the molecule is CN1CCc2c(n(CC(O)c3ccccc3)c3ccc(Cl)cc23)CC1. The molecule has 1 unspecified atom stereocenters. The van der Waals surface area contributed by atoms with Crippen LogP contribution >= 0.6 is 11.6 Å². The van der Waals surface area contributed by atoms with Crippen molar-refractivity contribution in [1.82, 2.24) is 9.47 Å². The van der Waals surface area contributed by atoms with Crippen molar-refractivity contribution >= 4 is 22.5 Å². The van der Waals surface area contributed by atoms with Crippen LogP contribution in [0.25, 0.3) is 10.9 Å². The van der Waals surface area contributed by atoms with Crippen LogP contribution in [-0.2, 0) is 19.4 Å². The maximum absolute atomic E-state index is 10.8. The number of benzene rings is 2. The van der Waals surface area contributed by atoms with E-state index in [0.29, 0.717) is 6.54 Å². The second-order valence-electron chi connectivity index (χ2n) is 6.93. The smallest absolute Gasteiger partial charge is 0.0969 e. The molecule has 0 spiro atoms. The molecule has 3 nitrogen and oxygen atoms in total.